The molecule has 0 saturated carbocycles. The van der Waals surface area contributed by atoms with Gasteiger partial charge in [-0.2, -0.15) is 0 Å². The van der Waals surface area contributed by atoms with Gasteiger partial charge in [0.25, 0.3) is 0 Å². The predicted molar refractivity (Wildman–Crippen MR) is 64.4 cm³/mol. The summed E-state index contributed by atoms with van der Waals surface area (Å²) in [6.07, 6.45) is 0.488. The Balaban J connectivity index is 2.17. The molecule has 1 aromatic rings. The Bertz CT molecular complexity index is 585. The van der Waals surface area contributed by atoms with Gasteiger partial charge in [-0.3, -0.25) is 0 Å². The molecule has 18 heavy (non-hydrogen) atoms. The zero-order chi connectivity index (χ0) is 13.3. The first-order valence-electron chi connectivity index (χ1n) is 5.42. The first kappa shape index (κ1) is 12.7. The first-order chi connectivity index (χ1) is 8.35. The van der Waals surface area contributed by atoms with Crippen molar-refractivity contribution in [3.05, 3.63) is 17.5 Å². The number of carboxylic acids is 1. The van der Waals surface area contributed by atoms with Gasteiger partial charge in [-0.05, 0) is 19.4 Å². The summed E-state index contributed by atoms with van der Waals surface area (Å²) in [4.78, 5) is 18.7. The quantitative estimate of drug-likeness (QED) is 0.801. The number of aromatic nitrogens is 2. The minimum atomic E-state index is -2.99. The summed E-state index contributed by atoms with van der Waals surface area (Å²) in [5, 5.41) is 11.7. The van der Waals surface area contributed by atoms with Crippen molar-refractivity contribution < 1.29 is 18.3 Å². The lowest BCUT2D eigenvalue weighted by atomic mass is 10.3. The van der Waals surface area contributed by atoms with E-state index in [0.717, 1.165) is 0 Å². The molecule has 0 amide bonds. The molecule has 2 rings (SSSR count). The van der Waals surface area contributed by atoms with E-state index in [2.05, 4.69) is 15.3 Å². The fourth-order valence-corrected chi connectivity index (χ4v) is 3.51. The van der Waals surface area contributed by atoms with Gasteiger partial charge in [0.1, 0.15) is 0 Å². The van der Waals surface area contributed by atoms with Crippen LogP contribution in [-0.2, 0) is 9.84 Å². The van der Waals surface area contributed by atoms with Crippen LogP contribution in [0, 0.1) is 6.92 Å². The van der Waals surface area contributed by atoms with Crippen LogP contribution in [0.3, 0.4) is 0 Å². The number of rotatable bonds is 3. The molecule has 0 spiro atoms. The van der Waals surface area contributed by atoms with Gasteiger partial charge in [0.15, 0.2) is 15.5 Å². The average molecular weight is 271 g/mol. The van der Waals surface area contributed by atoms with E-state index in [-0.39, 0.29) is 29.2 Å². The van der Waals surface area contributed by atoms with Gasteiger partial charge in [-0.25, -0.2) is 23.2 Å². The lowest BCUT2D eigenvalue weighted by Gasteiger charge is -2.11. The maximum atomic E-state index is 11.3. The Kier molecular flexibility index (Phi) is 3.20. The number of hydrogen-bond acceptors (Lipinski definition) is 6. The molecule has 98 valence electrons. The highest BCUT2D eigenvalue weighted by Crippen LogP contribution is 2.15. The first-order valence-corrected chi connectivity index (χ1v) is 7.24. The summed E-state index contributed by atoms with van der Waals surface area (Å²) in [6.45, 7) is 1.66. The molecule has 1 aromatic heterocycles. The van der Waals surface area contributed by atoms with Crippen molar-refractivity contribution in [1.29, 1.82) is 0 Å². The predicted octanol–water partition coefficient (Wildman–Crippen LogP) is 0.0822. The van der Waals surface area contributed by atoms with Crippen molar-refractivity contribution in [2.75, 3.05) is 16.8 Å². The molecule has 0 aromatic carbocycles. The van der Waals surface area contributed by atoms with E-state index in [0.29, 0.717) is 12.1 Å². The maximum absolute atomic E-state index is 11.3. The Morgan fingerprint density at radius 3 is 2.78 bits per heavy atom. The minimum absolute atomic E-state index is 0.0344. The topological polar surface area (TPSA) is 109 Å². The smallest absolute Gasteiger partial charge is 0.354 e. The number of nitrogens with zero attached hydrogens (tertiary/aromatic N) is 2. The van der Waals surface area contributed by atoms with E-state index >= 15 is 0 Å². The van der Waals surface area contributed by atoms with Crippen LogP contribution < -0.4 is 5.32 Å². The Labute approximate surface area is 104 Å². The van der Waals surface area contributed by atoms with Crippen molar-refractivity contribution in [2.45, 2.75) is 19.4 Å². The summed E-state index contributed by atoms with van der Waals surface area (Å²) >= 11 is 0. The number of carbonyl (C=O) groups is 1. The molecule has 1 aliphatic heterocycles. The molecule has 0 aliphatic carbocycles. The summed E-state index contributed by atoms with van der Waals surface area (Å²) in [5.74, 6) is -0.799. The van der Waals surface area contributed by atoms with E-state index in [1.165, 1.54) is 6.07 Å². The minimum Gasteiger partial charge on any atom is -0.477 e. The Morgan fingerprint density at radius 2 is 2.22 bits per heavy atom. The van der Waals surface area contributed by atoms with Crippen molar-refractivity contribution in [2.24, 2.45) is 0 Å². The molecular weight excluding hydrogens is 258 g/mol. The number of aromatic carboxylic acids is 1. The van der Waals surface area contributed by atoms with Gasteiger partial charge >= 0.3 is 5.97 Å². The molecule has 1 atom stereocenters. The molecule has 2 heterocycles. The monoisotopic (exact) mass is 271 g/mol. The summed E-state index contributed by atoms with van der Waals surface area (Å²) in [7, 11) is -2.99. The van der Waals surface area contributed by atoms with Gasteiger partial charge in [-0.15, -0.1) is 0 Å². The van der Waals surface area contributed by atoms with E-state index in [9.17, 15) is 13.2 Å². The van der Waals surface area contributed by atoms with Crippen LogP contribution in [0.15, 0.2) is 6.07 Å². The van der Waals surface area contributed by atoms with Crippen molar-refractivity contribution in [3.8, 4) is 0 Å². The number of carboxylic acid groups (broad SMARTS) is 1. The Morgan fingerprint density at radius 1 is 1.50 bits per heavy atom. The molecule has 0 bridgehead atoms. The highest BCUT2D eigenvalue weighted by Gasteiger charge is 2.28. The zero-order valence-corrected chi connectivity index (χ0v) is 10.6. The third-order valence-corrected chi connectivity index (χ3v) is 4.41. The number of aryl methyl sites for hydroxylation is 1. The number of sulfone groups is 1. The van der Waals surface area contributed by atoms with Crippen LogP contribution in [0.25, 0.3) is 0 Å². The van der Waals surface area contributed by atoms with Crippen molar-refractivity contribution in [3.63, 3.8) is 0 Å². The van der Waals surface area contributed by atoms with Crippen LogP contribution in [0.4, 0.5) is 5.95 Å². The zero-order valence-electron chi connectivity index (χ0n) is 9.75. The van der Waals surface area contributed by atoms with Crippen LogP contribution in [0.5, 0.6) is 0 Å². The number of anilines is 1. The van der Waals surface area contributed by atoms with Crippen molar-refractivity contribution in [1.82, 2.24) is 9.97 Å². The largest absolute Gasteiger partial charge is 0.477 e. The number of hydrogen-bond donors (Lipinski definition) is 2. The van der Waals surface area contributed by atoms with E-state index in [1.807, 2.05) is 0 Å². The van der Waals surface area contributed by atoms with E-state index < -0.39 is 15.8 Å². The molecule has 1 aliphatic rings. The van der Waals surface area contributed by atoms with E-state index in [4.69, 9.17) is 5.11 Å². The molecule has 8 heteroatoms. The standard InChI is InChI=1S/C10H13N3O4S/c1-6-4-8(9(14)15)13-10(11-6)12-7-2-3-18(16,17)5-7/h4,7H,2-3,5H2,1H3,(H,14,15)(H,11,12,13). The van der Waals surface area contributed by atoms with Gasteiger partial charge in [0.2, 0.25) is 5.95 Å². The Hall–Kier alpha value is -1.70. The fraction of sp³-hybridized carbons (Fsp3) is 0.500. The lowest BCUT2D eigenvalue weighted by Crippen LogP contribution is -2.22. The van der Waals surface area contributed by atoms with Gasteiger partial charge < -0.3 is 10.4 Å². The molecule has 7 nitrogen and oxygen atoms in total. The van der Waals surface area contributed by atoms with Crippen LogP contribution in [0.2, 0.25) is 0 Å². The molecule has 2 N–H and O–H groups in total. The highest BCUT2D eigenvalue weighted by molar-refractivity contribution is 7.91. The molecule has 1 unspecified atom stereocenters. The summed E-state index contributed by atoms with van der Waals surface area (Å²) < 4.78 is 22.6. The third kappa shape index (κ3) is 2.95. The van der Waals surface area contributed by atoms with E-state index in [1.54, 1.807) is 6.92 Å². The van der Waals surface area contributed by atoms with Crippen molar-refractivity contribution >= 4 is 21.8 Å². The normalized spacial score (nSPS) is 21.7. The highest BCUT2D eigenvalue weighted by atomic mass is 32.2. The second kappa shape index (κ2) is 4.52. The van der Waals surface area contributed by atoms with Gasteiger partial charge in [-0.1, -0.05) is 0 Å². The SMILES string of the molecule is Cc1cc(C(=O)O)nc(NC2CCS(=O)(=O)C2)n1. The maximum Gasteiger partial charge on any atom is 0.354 e. The van der Waals surface area contributed by atoms with Gasteiger partial charge in [0.05, 0.1) is 11.5 Å². The third-order valence-electron chi connectivity index (χ3n) is 2.64. The van der Waals surface area contributed by atoms with Crippen LogP contribution in [0.1, 0.15) is 22.6 Å². The molecule has 1 fully saturated rings. The summed E-state index contributed by atoms with van der Waals surface area (Å²) in [6, 6.07) is 1.11. The van der Waals surface area contributed by atoms with Gasteiger partial charge in [0, 0.05) is 11.7 Å². The summed E-state index contributed by atoms with van der Waals surface area (Å²) in [5.41, 5.74) is 0.414. The molecule has 0 radical (unpaired) electrons. The van der Waals surface area contributed by atoms with Crippen LogP contribution in [-0.4, -0.2) is 47.0 Å². The fourth-order valence-electron chi connectivity index (χ4n) is 1.83. The molecular formula is C10H13N3O4S. The average Bonchev–Trinajstić information content (AvgIpc) is 2.57. The van der Waals surface area contributed by atoms with Crippen LogP contribution >= 0.6 is 0 Å². The second-order valence-corrected chi connectivity index (χ2v) is 6.50. The number of nitrogens with one attached hydrogen (secondary N) is 1. The molecule has 1 saturated heterocycles. The second-order valence-electron chi connectivity index (χ2n) is 4.27. The lowest BCUT2D eigenvalue weighted by molar-refractivity contribution is 0.0690.